The van der Waals surface area contributed by atoms with Crippen LogP contribution in [0, 0.1) is 5.92 Å². The highest BCUT2D eigenvalue weighted by atomic mass is 35.5. The summed E-state index contributed by atoms with van der Waals surface area (Å²) < 4.78 is 39.7. The number of aliphatic hydroxyl groups excluding tert-OH is 1. The van der Waals surface area contributed by atoms with Crippen LogP contribution in [0.15, 0.2) is 12.2 Å². The Morgan fingerprint density at radius 1 is 1.29 bits per heavy atom. The van der Waals surface area contributed by atoms with Crippen molar-refractivity contribution in [1.82, 2.24) is 0 Å². The number of hydrogen-bond acceptors (Lipinski definition) is 1. The average Bonchev–Trinajstić information content (AvgIpc) is 2.08. The predicted octanol–water partition coefficient (Wildman–Crippen LogP) is 2.45. The van der Waals surface area contributed by atoms with Gasteiger partial charge in [0.25, 0.3) is 5.13 Å². The van der Waals surface area contributed by atoms with Gasteiger partial charge in [-0.1, -0.05) is 23.8 Å². The van der Waals surface area contributed by atoms with Crippen molar-refractivity contribution in [2.75, 3.05) is 0 Å². The van der Waals surface area contributed by atoms with E-state index in [4.69, 9.17) is 23.2 Å². The van der Waals surface area contributed by atoms with Crippen molar-refractivity contribution >= 4 is 23.2 Å². The minimum Gasteiger partial charge on any atom is -0.387 e. The molecule has 80 valence electrons. The van der Waals surface area contributed by atoms with Crippen LogP contribution in [0.25, 0.3) is 0 Å². The lowest BCUT2D eigenvalue weighted by molar-refractivity contribution is -0.261. The largest absolute Gasteiger partial charge is 0.387 e. The van der Waals surface area contributed by atoms with E-state index in [-0.39, 0.29) is 6.42 Å². The average molecular weight is 247 g/mol. The zero-order valence-electron chi connectivity index (χ0n) is 6.85. The van der Waals surface area contributed by atoms with Gasteiger partial charge in [0.1, 0.15) is 4.87 Å². The van der Waals surface area contributed by atoms with Gasteiger partial charge < -0.3 is 5.11 Å². The molecule has 0 aromatic rings. The van der Waals surface area contributed by atoms with E-state index in [0.29, 0.717) is 0 Å². The van der Waals surface area contributed by atoms with E-state index in [1.165, 1.54) is 12.2 Å². The highest BCUT2D eigenvalue weighted by molar-refractivity contribution is 6.37. The Bertz CT molecular complexity index is 305. The summed E-state index contributed by atoms with van der Waals surface area (Å²) in [7, 11) is 0. The summed E-state index contributed by atoms with van der Waals surface area (Å²) in [5.41, 5.74) is 0. The molecule has 0 spiro atoms. The third-order valence-electron chi connectivity index (χ3n) is 2.97. The molecule has 0 amide bonds. The third kappa shape index (κ3) is 0.836. The van der Waals surface area contributed by atoms with Crippen molar-refractivity contribution in [1.29, 1.82) is 0 Å². The highest BCUT2D eigenvalue weighted by Crippen LogP contribution is 2.69. The van der Waals surface area contributed by atoms with Crippen molar-refractivity contribution in [3.05, 3.63) is 12.2 Å². The molecule has 1 N–H and O–H groups in total. The van der Waals surface area contributed by atoms with Gasteiger partial charge in [-0.2, -0.15) is 0 Å². The molecule has 0 unspecified atom stereocenters. The number of rotatable bonds is 0. The fourth-order valence-corrected chi connectivity index (χ4v) is 2.87. The molecule has 0 aromatic heterocycles. The Hall–Kier alpha value is 0.0700. The van der Waals surface area contributed by atoms with E-state index < -0.39 is 27.9 Å². The summed E-state index contributed by atoms with van der Waals surface area (Å²) >= 11 is 10.7. The number of halogens is 5. The second kappa shape index (κ2) is 2.60. The van der Waals surface area contributed by atoms with Gasteiger partial charge in [0.05, 0.1) is 12.0 Å². The van der Waals surface area contributed by atoms with Crippen LogP contribution in [0.4, 0.5) is 13.2 Å². The summed E-state index contributed by atoms with van der Waals surface area (Å²) in [6.07, 6.45) is 0.988. The van der Waals surface area contributed by atoms with Crippen LogP contribution < -0.4 is 0 Å². The molecule has 2 aliphatic rings. The first-order chi connectivity index (χ1) is 6.26. The normalized spacial score (nSPS) is 55.0. The van der Waals surface area contributed by atoms with Gasteiger partial charge in [-0.05, 0) is 6.42 Å². The van der Waals surface area contributed by atoms with Crippen molar-refractivity contribution in [3.8, 4) is 0 Å². The second-order valence-electron chi connectivity index (χ2n) is 3.63. The lowest BCUT2D eigenvalue weighted by Crippen LogP contribution is -2.79. The molecule has 4 atom stereocenters. The third-order valence-corrected chi connectivity index (χ3v) is 4.37. The molecule has 0 saturated heterocycles. The molecule has 0 bridgehead atoms. The van der Waals surface area contributed by atoms with E-state index in [1.54, 1.807) is 0 Å². The molecule has 2 rings (SSSR count). The Kier molecular flexibility index (Phi) is 1.96. The zero-order valence-corrected chi connectivity index (χ0v) is 8.37. The second-order valence-corrected chi connectivity index (χ2v) is 4.77. The summed E-state index contributed by atoms with van der Waals surface area (Å²) in [5, 5.41) is 5.97. The lowest BCUT2D eigenvalue weighted by Gasteiger charge is -2.60. The lowest BCUT2D eigenvalue weighted by atomic mass is 9.60. The van der Waals surface area contributed by atoms with Gasteiger partial charge in [0.2, 0.25) is 0 Å². The number of allylic oxidation sites excluding steroid dienone is 1. The minimum atomic E-state index is -3.69. The Balaban J connectivity index is 2.46. The van der Waals surface area contributed by atoms with Crippen LogP contribution in [-0.4, -0.2) is 27.1 Å². The number of fused-ring (bicyclic) bond motifs is 1. The van der Waals surface area contributed by atoms with E-state index in [1.807, 2.05) is 0 Å². The summed E-state index contributed by atoms with van der Waals surface area (Å²) in [4.78, 5) is -2.10. The fraction of sp³-hybridized carbons (Fsp3) is 0.750. The SMILES string of the molecule is O[C@@H]1C=CC[C@@H]2C(F)(F)[C@@](F)(Cl)[C@]12Cl. The van der Waals surface area contributed by atoms with E-state index in [9.17, 15) is 18.3 Å². The molecule has 1 fully saturated rings. The first-order valence-electron chi connectivity index (χ1n) is 4.05. The van der Waals surface area contributed by atoms with Crippen LogP contribution in [0.5, 0.6) is 0 Å². The van der Waals surface area contributed by atoms with Crippen molar-refractivity contribution in [2.45, 2.75) is 28.4 Å². The standard InChI is InChI=1S/C8H7Cl2F3O/c9-6-4(2-1-3-5(6)14)7(11,12)8(6,10)13/h1,3-5,14H,2H2/t4-,5+,6+,8+/m0/s1. The first-order valence-corrected chi connectivity index (χ1v) is 4.81. The van der Waals surface area contributed by atoms with Gasteiger partial charge in [-0.15, -0.1) is 11.6 Å². The molecule has 0 aromatic carbocycles. The van der Waals surface area contributed by atoms with Gasteiger partial charge in [-0.25, -0.2) is 13.2 Å². The van der Waals surface area contributed by atoms with Crippen LogP contribution in [-0.2, 0) is 0 Å². The first kappa shape index (κ1) is 10.6. The predicted molar refractivity (Wildman–Crippen MR) is 46.5 cm³/mol. The van der Waals surface area contributed by atoms with Crippen molar-refractivity contribution in [3.63, 3.8) is 0 Å². The van der Waals surface area contributed by atoms with Crippen LogP contribution in [0.2, 0.25) is 0 Å². The number of hydrogen-bond donors (Lipinski definition) is 1. The van der Waals surface area contributed by atoms with Gasteiger partial charge >= 0.3 is 5.92 Å². The Morgan fingerprint density at radius 2 is 1.86 bits per heavy atom. The van der Waals surface area contributed by atoms with Crippen molar-refractivity contribution < 1.29 is 18.3 Å². The number of alkyl halides is 5. The topological polar surface area (TPSA) is 20.2 Å². The van der Waals surface area contributed by atoms with E-state index >= 15 is 0 Å². The van der Waals surface area contributed by atoms with E-state index in [0.717, 1.165) is 0 Å². The fourth-order valence-electron chi connectivity index (χ4n) is 2.07. The maximum Gasteiger partial charge on any atom is 0.302 e. The smallest absolute Gasteiger partial charge is 0.302 e. The monoisotopic (exact) mass is 246 g/mol. The Labute approximate surface area is 88.5 Å². The maximum atomic E-state index is 13.4. The molecule has 0 heterocycles. The zero-order chi connectivity index (χ0) is 10.8. The molecule has 0 radical (unpaired) electrons. The molecule has 1 saturated carbocycles. The van der Waals surface area contributed by atoms with E-state index in [2.05, 4.69) is 0 Å². The van der Waals surface area contributed by atoms with Crippen LogP contribution >= 0.6 is 23.2 Å². The number of aliphatic hydroxyl groups is 1. The summed E-state index contributed by atoms with van der Waals surface area (Å²) in [6, 6.07) is 0. The van der Waals surface area contributed by atoms with Gasteiger partial charge in [-0.3, -0.25) is 0 Å². The summed E-state index contributed by atoms with van der Waals surface area (Å²) in [5.74, 6) is -5.14. The van der Waals surface area contributed by atoms with Gasteiger partial charge in [0.15, 0.2) is 0 Å². The molecule has 14 heavy (non-hydrogen) atoms. The molecule has 1 nitrogen and oxygen atoms in total. The molecular weight excluding hydrogens is 240 g/mol. The minimum absolute atomic E-state index is 0.0774. The van der Waals surface area contributed by atoms with Gasteiger partial charge in [0, 0.05) is 0 Å². The quantitative estimate of drug-likeness (QED) is 0.515. The van der Waals surface area contributed by atoms with Crippen LogP contribution in [0.1, 0.15) is 6.42 Å². The molecule has 2 aliphatic carbocycles. The summed E-state index contributed by atoms with van der Waals surface area (Å²) in [6.45, 7) is 0. The van der Waals surface area contributed by atoms with Crippen molar-refractivity contribution in [2.24, 2.45) is 5.92 Å². The molecule has 6 heteroatoms. The maximum absolute atomic E-state index is 13.4. The molecule has 0 aliphatic heterocycles. The van der Waals surface area contributed by atoms with Crippen LogP contribution in [0.3, 0.4) is 0 Å². The highest BCUT2D eigenvalue weighted by Gasteiger charge is 2.86. The molecular formula is C8H7Cl2F3O. The Morgan fingerprint density at radius 3 is 2.36 bits per heavy atom.